The van der Waals surface area contributed by atoms with Gasteiger partial charge in [0.1, 0.15) is 0 Å². The fourth-order valence-electron chi connectivity index (χ4n) is 3.80. The summed E-state index contributed by atoms with van der Waals surface area (Å²) in [5.74, 6) is 0. The van der Waals surface area contributed by atoms with Crippen molar-refractivity contribution in [2.24, 2.45) is 0 Å². The fourth-order valence-corrected chi connectivity index (χ4v) is 4.75. The first-order valence-corrected chi connectivity index (χ1v) is 12.0. The molecule has 0 fully saturated rings. The molecule has 0 aliphatic rings. The van der Waals surface area contributed by atoms with Crippen LogP contribution in [0.1, 0.15) is 27.1 Å². The van der Waals surface area contributed by atoms with Crippen LogP contribution in [0.15, 0.2) is 70.8 Å². The highest BCUT2D eigenvalue weighted by Gasteiger charge is 2.15. The van der Waals surface area contributed by atoms with E-state index in [1.165, 1.54) is 10.4 Å². The van der Waals surface area contributed by atoms with Crippen LogP contribution < -0.4 is 10.9 Å². The topological polar surface area (TPSA) is 48.1 Å². The number of hydrogen-bond acceptors (Lipinski definition) is 3. The maximum atomic E-state index is 12.9. The standard InChI is InChI=1S/C26H27N3OS2/c1-18-10-11-19(2)24-23(18)15-21(25(30)28-24)16-29(17-22-9-6-14-32-22)26(31)27-13-12-20-7-4-3-5-8-20/h3-11,14-15H,12-13,16-17H2,1-2H3,(H,27,31)(H,28,30). The molecule has 2 heterocycles. The van der Waals surface area contributed by atoms with Crippen molar-refractivity contribution in [1.82, 2.24) is 15.2 Å². The zero-order valence-electron chi connectivity index (χ0n) is 18.4. The molecule has 0 spiro atoms. The van der Waals surface area contributed by atoms with Gasteiger partial charge in [0.25, 0.3) is 5.56 Å². The maximum absolute atomic E-state index is 12.9. The Hall–Kier alpha value is -2.96. The number of aryl methyl sites for hydroxylation is 2. The third-order valence-corrected chi connectivity index (χ3v) is 6.89. The molecule has 0 saturated heterocycles. The number of pyridine rings is 1. The summed E-state index contributed by atoms with van der Waals surface area (Å²) in [7, 11) is 0. The molecule has 0 aliphatic carbocycles. The molecule has 2 N–H and O–H groups in total. The van der Waals surface area contributed by atoms with Crippen LogP contribution in [0.2, 0.25) is 0 Å². The van der Waals surface area contributed by atoms with Gasteiger partial charge in [-0.1, -0.05) is 48.5 Å². The lowest BCUT2D eigenvalue weighted by Crippen LogP contribution is -2.40. The van der Waals surface area contributed by atoms with Gasteiger partial charge in [0.2, 0.25) is 0 Å². The average molecular weight is 462 g/mol. The molecule has 164 valence electrons. The van der Waals surface area contributed by atoms with Crippen LogP contribution in [0, 0.1) is 13.8 Å². The lowest BCUT2D eigenvalue weighted by atomic mass is 10.0. The van der Waals surface area contributed by atoms with E-state index in [4.69, 9.17) is 12.2 Å². The molecule has 0 aliphatic heterocycles. The first kappa shape index (κ1) is 22.2. The zero-order valence-corrected chi connectivity index (χ0v) is 20.0. The second-order valence-corrected chi connectivity index (χ2v) is 9.43. The summed E-state index contributed by atoms with van der Waals surface area (Å²) in [5.41, 5.74) is 5.06. The van der Waals surface area contributed by atoms with Crippen LogP contribution in [0.3, 0.4) is 0 Å². The Morgan fingerprint density at radius 2 is 1.81 bits per heavy atom. The summed E-state index contributed by atoms with van der Waals surface area (Å²) in [6, 6.07) is 20.7. The van der Waals surface area contributed by atoms with E-state index in [0.29, 0.717) is 18.2 Å². The molecule has 0 saturated carbocycles. The number of fused-ring (bicyclic) bond motifs is 1. The number of rotatable bonds is 7. The van der Waals surface area contributed by atoms with E-state index in [0.717, 1.165) is 40.6 Å². The first-order chi connectivity index (χ1) is 15.5. The zero-order chi connectivity index (χ0) is 22.5. The summed E-state index contributed by atoms with van der Waals surface area (Å²) in [5, 5.41) is 7.20. The third-order valence-electron chi connectivity index (χ3n) is 5.63. The van der Waals surface area contributed by atoms with Gasteiger partial charge in [-0.25, -0.2) is 0 Å². The Morgan fingerprint density at radius 1 is 1.03 bits per heavy atom. The number of benzene rings is 2. The van der Waals surface area contributed by atoms with Gasteiger partial charge in [0.05, 0.1) is 18.6 Å². The van der Waals surface area contributed by atoms with Gasteiger partial charge >= 0.3 is 0 Å². The highest BCUT2D eigenvalue weighted by molar-refractivity contribution is 7.80. The minimum absolute atomic E-state index is 0.0607. The highest BCUT2D eigenvalue weighted by Crippen LogP contribution is 2.21. The summed E-state index contributed by atoms with van der Waals surface area (Å²) in [4.78, 5) is 19.3. The van der Waals surface area contributed by atoms with Gasteiger partial charge in [-0.05, 0) is 66.7 Å². The molecule has 0 atom stereocenters. The van der Waals surface area contributed by atoms with Crippen molar-refractivity contribution >= 4 is 39.6 Å². The molecule has 4 nitrogen and oxygen atoms in total. The Kier molecular flexibility index (Phi) is 7.02. The van der Waals surface area contributed by atoms with E-state index >= 15 is 0 Å². The van der Waals surface area contributed by atoms with Crippen LogP contribution in [-0.2, 0) is 19.5 Å². The van der Waals surface area contributed by atoms with Crippen LogP contribution in [0.25, 0.3) is 10.9 Å². The molecule has 0 amide bonds. The summed E-state index contributed by atoms with van der Waals surface area (Å²) < 4.78 is 0. The number of thiophene rings is 1. The lowest BCUT2D eigenvalue weighted by Gasteiger charge is -2.25. The van der Waals surface area contributed by atoms with Crippen LogP contribution in [-0.4, -0.2) is 21.5 Å². The Morgan fingerprint density at radius 3 is 2.56 bits per heavy atom. The maximum Gasteiger partial charge on any atom is 0.253 e. The molecular formula is C26H27N3OS2. The first-order valence-electron chi connectivity index (χ1n) is 10.7. The number of thiocarbonyl (C=S) groups is 1. The van der Waals surface area contributed by atoms with E-state index in [1.54, 1.807) is 11.3 Å². The molecule has 0 unspecified atom stereocenters. The number of nitrogens with one attached hydrogen (secondary N) is 2. The van der Waals surface area contributed by atoms with Gasteiger partial charge < -0.3 is 15.2 Å². The lowest BCUT2D eigenvalue weighted by molar-refractivity contribution is 0.401. The summed E-state index contributed by atoms with van der Waals surface area (Å²) in [6.07, 6.45) is 0.892. The van der Waals surface area contributed by atoms with E-state index in [-0.39, 0.29) is 5.56 Å². The largest absolute Gasteiger partial charge is 0.362 e. The average Bonchev–Trinajstić information content (AvgIpc) is 3.30. The van der Waals surface area contributed by atoms with Gasteiger partial charge in [0.15, 0.2) is 5.11 Å². The SMILES string of the molecule is Cc1ccc(C)c2[nH]c(=O)c(CN(Cc3cccs3)C(=S)NCCc3ccccc3)cc12. The molecule has 2 aromatic carbocycles. The molecule has 32 heavy (non-hydrogen) atoms. The van der Waals surface area contributed by atoms with Crippen molar-refractivity contribution < 1.29 is 0 Å². The van der Waals surface area contributed by atoms with Crippen molar-refractivity contribution in [2.75, 3.05) is 6.54 Å². The van der Waals surface area contributed by atoms with Gasteiger partial charge in [-0.15, -0.1) is 11.3 Å². The van der Waals surface area contributed by atoms with Crippen LogP contribution >= 0.6 is 23.6 Å². The smallest absolute Gasteiger partial charge is 0.253 e. The van der Waals surface area contributed by atoms with E-state index < -0.39 is 0 Å². The van der Waals surface area contributed by atoms with Crippen molar-refractivity contribution in [1.29, 1.82) is 0 Å². The van der Waals surface area contributed by atoms with Crippen molar-refractivity contribution in [3.8, 4) is 0 Å². The molecule has 4 rings (SSSR count). The van der Waals surface area contributed by atoms with E-state index in [9.17, 15) is 4.79 Å². The minimum atomic E-state index is -0.0607. The number of nitrogens with zero attached hydrogens (tertiary/aromatic N) is 1. The monoisotopic (exact) mass is 461 g/mol. The minimum Gasteiger partial charge on any atom is -0.362 e. The number of aromatic amines is 1. The molecule has 6 heteroatoms. The number of aromatic nitrogens is 1. The Labute approximate surface area is 197 Å². The number of hydrogen-bond donors (Lipinski definition) is 2. The molecular weight excluding hydrogens is 434 g/mol. The van der Waals surface area contributed by atoms with Gasteiger partial charge in [0, 0.05) is 22.4 Å². The van der Waals surface area contributed by atoms with Crippen molar-refractivity contribution in [3.63, 3.8) is 0 Å². The quantitative estimate of drug-likeness (QED) is 0.366. The van der Waals surface area contributed by atoms with E-state index in [2.05, 4.69) is 51.8 Å². The molecule has 0 bridgehead atoms. The Bertz CT molecular complexity index is 1260. The number of H-pyrrole nitrogens is 1. The molecule has 0 radical (unpaired) electrons. The summed E-state index contributed by atoms with van der Waals surface area (Å²) >= 11 is 7.45. The molecule has 2 aromatic heterocycles. The van der Waals surface area contributed by atoms with Crippen molar-refractivity contribution in [3.05, 3.63) is 104 Å². The third kappa shape index (κ3) is 5.26. The fraction of sp³-hybridized carbons (Fsp3) is 0.231. The van der Waals surface area contributed by atoms with Gasteiger partial charge in [-0.2, -0.15) is 0 Å². The second-order valence-electron chi connectivity index (χ2n) is 8.01. The van der Waals surface area contributed by atoms with Crippen LogP contribution in [0.5, 0.6) is 0 Å². The summed E-state index contributed by atoms with van der Waals surface area (Å²) in [6.45, 7) is 5.96. The van der Waals surface area contributed by atoms with Crippen LogP contribution in [0.4, 0.5) is 0 Å². The van der Waals surface area contributed by atoms with E-state index in [1.807, 2.05) is 43.3 Å². The predicted molar refractivity (Wildman–Crippen MR) is 138 cm³/mol. The second kappa shape index (κ2) is 10.1. The highest BCUT2D eigenvalue weighted by atomic mass is 32.1. The normalized spacial score (nSPS) is 10.9. The van der Waals surface area contributed by atoms with Gasteiger partial charge in [-0.3, -0.25) is 4.79 Å². The van der Waals surface area contributed by atoms with Crippen molar-refractivity contribution in [2.45, 2.75) is 33.4 Å². The predicted octanol–water partition coefficient (Wildman–Crippen LogP) is 5.33. The Balaban J connectivity index is 1.55. The molecule has 4 aromatic rings.